The molecule has 0 N–H and O–H groups in total. The van der Waals surface area contributed by atoms with Crippen LogP contribution in [0.5, 0.6) is 11.5 Å². The minimum absolute atomic E-state index is 0.00331. The average Bonchev–Trinajstić information content (AvgIpc) is 3.12. The van der Waals surface area contributed by atoms with Gasteiger partial charge in [-0.3, -0.25) is 4.90 Å². The number of hydrogen-bond donors (Lipinski definition) is 0. The van der Waals surface area contributed by atoms with Gasteiger partial charge in [-0.1, -0.05) is 15.9 Å². The van der Waals surface area contributed by atoms with Gasteiger partial charge in [0, 0.05) is 40.6 Å². The van der Waals surface area contributed by atoms with Gasteiger partial charge in [0.15, 0.2) is 0 Å². The van der Waals surface area contributed by atoms with Gasteiger partial charge >= 0.3 is 5.63 Å². The van der Waals surface area contributed by atoms with E-state index in [-0.39, 0.29) is 11.7 Å². The first kappa shape index (κ1) is 21.7. The Morgan fingerprint density at radius 1 is 1.16 bits per heavy atom. The zero-order valence-electron chi connectivity index (χ0n) is 17.4. The Kier molecular flexibility index (Phi) is 6.11. The molecule has 1 fully saturated rings. The molecular weight excluding hydrogens is 542 g/mol. The molecule has 0 amide bonds. The fraction of sp³-hybridized carbons (Fsp3) is 0.292. The lowest BCUT2D eigenvalue weighted by Crippen LogP contribution is -2.39. The Balaban J connectivity index is 1.40. The van der Waals surface area contributed by atoms with Crippen LogP contribution in [0.3, 0.4) is 0 Å². The van der Waals surface area contributed by atoms with E-state index in [1.165, 1.54) is 6.07 Å². The lowest BCUT2D eigenvalue weighted by molar-refractivity contribution is 0.0206. The molecule has 3 heterocycles. The summed E-state index contributed by atoms with van der Waals surface area (Å²) in [6.45, 7) is 5.28. The standard InChI is InChI=1S/C24H21Br2NO5/c1-14-10-22(28)31-21-13-16(2-3-17(14)21)30-7-4-20-23(27-5-8-29-9-6-27)18-11-15(25)12-19(26)24(18)32-20/h2-4,10-13,23H,5-9H2,1H3. The van der Waals surface area contributed by atoms with Gasteiger partial charge < -0.3 is 18.6 Å². The molecule has 166 valence electrons. The largest absolute Gasteiger partial charge is 0.489 e. The normalized spacial score (nSPS) is 19.8. The Labute approximate surface area is 202 Å². The Morgan fingerprint density at radius 3 is 2.78 bits per heavy atom. The van der Waals surface area contributed by atoms with Gasteiger partial charge in [-0.2, -0.15) is 0 Å². The number of fused-ring (bicyclic) bond motifs is 2. The van der Waals surface area contributed by atoms with Crippen molar-refractivity contribution in [3.8, 4) is 11.5 Å². The van der Waals surface area contributed by atoms with Gasteiger partial charge in [-0.25, -0.2) is 4.79 Å². The number of rotatable bonds is 4. The van der Waals surface area contributed by atoms with Crippen LogP contribution in [-0.2, 0) is 4.74 Å². The molecule has 2 aromatic carbocycles. The fourth-order valence-corrected chi connectivity index (χ4v) is 5.54. The van der Waals surface area contributed by atoms with E-state index in [0.717, 1.165) is 50.1 Å². The molecule has 1 saturated heterocycles. The van der Waals surface area contributed by atoms with Gasteiger partial charge in [-0.15, -0.1) is 0 Å². The molecule has 0 bridgehead atoms. The molecule has 0 saturated carbocycles. The van der Waals surface area contributed by atoms with E-state index in [1.807, 2.05) is 31.2 Å². The van der Waals surface area contributed by atoms with Crippen LogP contribution in [-0.4, -0.2) is 37.8 Å². The third-order valence-electron chi connectivity index (χ3n) is 5.69. The van der Waals surface area contributed by atoms with Crippen molar-refractivity contribution in [3.63, 3.8) is 0 Å². The van der Waals surface area contributed by atoms with Crippen LogP contribution < -0.4 is 15.1 Å². The van der Waals surface area contributed by atoms with Crippen LogP contribution >= 0.6 is 31.9 Å². The first-order valence-corrected chi connectivity index (χ1v) is 11.9. The summed E-state index contributed by atoms with van der Waals surface area (Å²) in [5, 5.41) is 0.896. The first-order chi connectivity index (χ1) is 15.5. The van der Waals surface area contributed by atoms with Crippen LogP contribution in [0.15, 0.2) is 66.4 Å². The molecule has 0 radical (unpaired) electrons. The number of hydrogen-bond acceptors (Lipinski definition) is 6. The maximum Gasteiger partial charge on any atom is 0.336 e. The number of morpholine rings is 1. The summed E-state index contributed by atoms with van der Waals surface area (Å²) in [4.78, 5) is 14.1. The van der Waals surface area contributed by atoms with E-state index < -0.39 is 0 Å². The molecule has 6 nitrogen and oxygen atoms in total. The molecular formula is C24H21Br2NO5. The van der Waals surface area contributed by atoms with E-state index in [9.17, 15) is 4.79 Å². The van der Waals surface area contributed by atoms with Gasteiger partial charge in [0.1, 0.15) is 29.4 Å². The number of halogens is 2. The quantitative estimate of drug-likeness (QED) is 0.399. The second-order valence-electron chi connectivity index (χ2n) is 7.78. The third kappa shape index (κ3) is 4.24. The predicted octanol–water partition coefficient (Wildman–Crippen LogP) is 5.36. The van der Waals surface area contributed by atoms with Gasteiger partial charge in [0.05, 0.1) is 23.7 Å². The maximum absolute atomic E-state index is 11.7. The summed E-state index contributed by atoms with van der Waals surface area (Å²) >= 11 is 7.22. The molecule has 32 heavy (non-hydrogen) atoms. The maximum atomic E-state index is 11.7. The topological polar surface area (TPSA) is 61.1 Å². The summed E-state index contributed by atoms with van der Waals surface area (Å²) in [5.74, 6) is 2.30. The predicted molar refractivity (Wildman–Crippen MR) is 128 cm³/mol. The van der Waals surface area contributed by atoms with Crippen molar-refractivity contribution in [2.45, 2.75) is 13.0 Å². The van der Waals surface area contributed by atoms with Crippen LogP contribution in [0.1, 0.15) is 17.2 Å². The number of aryl methyl sites for hydroxylation is 1. The van der Waals surface area contributed by atoms with Crippen molar-refractivity contribution < 1.29 is 18.6 Å². The van der Waals surface area contributed by atoms with Crippen molar-refractivity contribution >= 4 is 42.8 Å². The molecule has 2 aliphatic heterocycles. The second kappa shape index (κ2) is 9.02. The molecule has 3 aromatic rings. The smallest absolute Gasteiger partial charge is 0.336 e. The molecule has 1 aromatic heterocycles. The van der Waals surface area contributed by atoms with Crippen molar-refractivity contribution in [1.82, 2.24) is 4.90 Å². The Morgan fingerprint density at radius 2 is 1.97 bits per heavy atom. The summed E-state index contributed by atoms with van der Waals surface area (Å²) in [6, 6.07) is 11.1. The molecule has 0 aliphatic carbocycles. The highest BCUT2D eigenvalue weighted by atomic mass is 79.9. The van der Waals surface area contributed by atoms with E-state index in [4.69, 9.17) is 18.6 Å². The van der Waals surface area contributed by atoms with Crippen molar-refractivity contribution in [3.05, 3.63) is 78.7 Å². The van der Waals surface area contributed by atoms with Gasteiger partial charge in [0.2, 0.25) is 0 Å². The Hall–Kier alpha value is -2.13. The Bertz CT molecular complexity index is 1260. The summed E-state index contributed by atoms with van der Waals surface area (Å²) in [5.41, 5.74) is 2.15. The lowest BCUT2D eigenvalue weighted by Gasteiger charge is -2.32. The molecule has 2 aliphatic rings. The molecule has 5 rings (SSSR count). The van der Waals surface area contributed by atoms with Crippen molar-refractivity contribution in [2.75, 3.05) is 32.9 Å². The monoisotopic (exact) mass is 561 g/mol. The fourth-order valence-electron chi connectivity index (χ4n) is 4.20. The van der Waals surface area contributed by atoms with Crippen LogP contribution in [0.4, 0.5) is 0 Å². The number of ether oxygens (including phenoxy) is 3. The summed E-state index contributed by atoms with van der Waals surface area (Å²) in [7, 11) is 0. The lowest BCUT2D eigenvalue weighted by atomic mass is 10.0. The first-order valence-electron chi connectivity index (χ1n) is 10.4. The van der Waals surface area contributed by atoms with Crippen molar-refractivity contribution in [1.29, 1.82) is 0 Å². The number of nitrogens with zero attached hydrogens (tertiary/aromatic N) is 1. The SMILES string of the molecule is Cc1cc(=O)oc2cc(OCC=C3Oc4c(Br)cc(Br)cc4C3N3CCOCC3)ccc12. The zero-order valence-corrected chi connectivity index (χ0v) is 20.6. The van der Waals surface area contributed by atoms with E-state index in [1.54, 1.807) is 6.07 Å². The average molecular weight is 563 g/mol. The highest BCUT2D eigenvalue weighted by Crippen LogP contribution is 2.48. The summed E-state index contributed by atoms with van der Waals surface area (Å²) < 4.78 is 25.0. The minimum Gasteiger partial charge on any atom is -0.489 e. The molecule has 0 spiro atoms. The molecule has 1 unspecified atom stereocenters. The van der Waals surface area contributed by atoms with Gasteiger partial charge in [-0.05, 0) is 58.8 Å². The van der Waals surface area contributed by atoms with E-state index in [2.05, 4.69) is 42.8 Å². The van der Waals surface area contributed by atoms with E-state index >= 15 is 0 Å². The second-order valence-corrected chi connectivity index (χ2v) is 9.55. The molecule has 8 heteroatoms. The van der Waals surface area contributed by atoms with Gasteiger partial charge in [0.25, 0.3) is 0 Å². The van der Waals surface area contributed by atoms with Crippen molar-refractivity contribution in [2.24, 2.45) is 0 Å². The summed E-state index contributed by atoms with van der Waals surface area (Å²) in [6.07, 6.45) is 1.97. The van der Waals surface area contributed by atoms with Crippen LogP contribution in [0.25, 0.3) is 11.0 Å². The van der Waals surface area contributed by atoms with Crippen LogP contribution in [0, 0.1) is 6.92 Å². The zero-order chi connectivity index (χ0) is 22.2. The highest BCUT2D eigenvalue weighted by molar-refractivity contribution is 9.11. The number of benzene rings is 2. The third-order valence-corrected chi connectivity index (χ3v) is 6.74. The minimum atomic E-state index is -0.364. The van der Waals surface area contributed by atoms with E-state index in [0.29, 0.717) is 31.2 Å². The highest BCUT2D eigenvalue weighted by Gasteiger charge is 2.36. The van der Waals surface area contributed by atoms with Crippen LogP contribution in [0.2, 0.25) is 0 Å². The molecule has 1 atom stereocenters.